The van der Waals surface area contributed by atoms with E-state index in [1.54, 1.807) is 17.0 Å². The Kier molecular flexibility index (Phi) is 6.00. The zero-order chi connectivity index (χ0) is 12.7. The Bertz CT molecular complexity index is 352. The summed E-state index contributed by atoms with van der Waals surface area (Å²) in [5.74, 6) is -0.0746. The minimum atomic E-state index is -0.0746. The largest absolute Gasteiger partial charge is 0.379 e. The van der Waals surface area contributed by atoms with Gasteiger partial charge in [-0.25, -0.2) is 4.98 Å². The van der Waals surface area contributed by atoms with Gasteiger partial charge in [0.2, 0.25) is 11.2 Å². The third kappa shape index (κ3) is 5.70. The number of imidazole rings is 1. The van der Waals surface area contributed by atoms with Gasteiger partial charge in [0, 0.05) is 25.5 Å². The number of nitrogens with one attached hydrogen (secondary N) is 1. The fourth-order valence-corrected chi connectivity index (χ4v) is 1.43. The average Bonchev–Trinajstić information content (AvgIpc) is 2.63. The van der Waals surface area contributed by atoms with Crippen LogP contribution >= 0.6 is 11.6 Å². The molecule has 6 heteroatoms. The standard InChI is InChI=1S/C11H18ClN3O2/c1-9(2)17-7-3-4-13-10(16)8-15-6-5-14-11(15)12/h5-6,9H,3-4,7-8H2,1-2H3,(H,13,16). The van der Waals surface area contributed by atoms with E-state index >= 15 is 0 Å². The van der Waals surface area contributed by atoms with Crippen LogP contribution in [0.15, 0.2) is 12.4 Å². The molecule has 0 saturated heterocycles. The highest BCUT2D eigenvalue weighted by molar-refractivity contribution is 6.28. The molecule has 0 atom stereocenters. The summed E-state index contributed by atoms with van der Waals surface area (Å²) in [7, 11) is 0. The van der Waals surface area contributed by atoms with Crippen LogP contribution in [0.2, 0.25) is 5.28 Å². The summed E-state index contributed by atoms with van der Waals surface area (Å²) < 4.78 is 6.95. The Morgan fingerprint density at radius 2 is 2.41 bits per heavy atom. The Morgan fingerprint density at radius 3 is 3.00 bits per heavy atom. The maximum atomic E-state index is 11.5. The summed E-state index contributed by atoms with van der Waals surface area (Å²) in [5.41, 5.74) is 0. The molecule has 1 amide bonds. The van der Waals surface area contributed by atoms with Crippen molar-refractivity contribution < 1.29 is 9.53 Å². The monoisotopic (exact) mass is 259 g/mol. The molecule has 0 unspecified atom stereocenters. The maximum absolute atomic E-state index is 11.5. The molecular weight excluding hydrogens is 242 g/mol. The smallest absolute Gasteiger partial charge is 0.240 e. The van der Waals surface area contributed by atoms with Crippen molar-refractivity contribution in [1.82, 2.24) is 14.9 Å². The van der Waals surface area contributed by atoms with Crippen molar-refractivity contribution in [2.24, 2.45) is 0 Å². The van der Waals surface area contributed by atoms with Gasteiger partial charge in [0.25, 0.3) is 0 Å². The number of carbonyl (C=O) groups excluding carboxylic acids is 1. The second-order valence-electron chi connectivity index (χ2n) is 3.95. The van der Waals surface area contributed by atoms with Crippen LogP contribution in [0.3, 0.4) is 0 Å². The fourth-order valence-electron chi connectivity index (χ4n) is 1.26. The number of amides is 1. The van der Waals surface area contributed by atoms with Crippen molar-refractivity contribution in [2.45, 2.75) is 32.9 Å². The van der Waals surface area contributed by atoms with Crippen molar-refractivity contribution in [3.8, 4) is 0 Å². The number of nitrogens with zero attached hydrogens (tertiary/aromatic N) is 2. The quantitative estimate of drug-likeness (QED) is 0.755. The second-order valence-corrected chi connectivity index (χ2v) is 4.29. The highest BCUT2D eigenvalue weighted by Gasteiger charge is 2.05. The number of carbonyl (C=O) groups is 1. The molecule has 0 aliphatic carbocycles. The van der Waals surface area contributed by atoms with Gasteiger partial charge in [0.05, 0.1) is 6.10 Å². The molecule has 0 aromatic carbocycles. The lowest BCUT2D eigenvalue weighted by atomic mass is 10.4. The normalized spacial score (nSPS) is 10.8. The van der Waals surface area contributed by atoms with Crippen molar-refractivity contribution in [1.29, 1.82) is 0 Å². The van der Waals surface area contributed by atoms with Crippen LogP contribution < -0.4 is 5.32 Å². The Balaban J connectivity index is 2.12. The molecule has 0 bridgehead atoms. The molecule has 96 valence electrons. The summed E-state index contributed by atoms with van der Waals surface area (Å²) in [6.07, 6.45) is 4.27. The number of ether oxygens (including phenoxy) is 1. The molecule has 17 heavy (non-hydrogen) atoms. The summed E-state index contributed by atoms with van der Waals surface area (Å²) in [6.45, 7) is 5.44. The minimum Gasteiger partial charge on any atom is -0.379 e. The van der Waals surface area contributed by atoms with E-state index in [-0.39, 0.29) is 18.6 Å². The number of rotatable bonds is 7. The second kappa shape index (κ2) is 7.29. The van der Waals surface area contributed by atoms with Gasteiger partial charge >= 0.3 is 0 Å². The Labute approximate surface area is 106 Å². The predicted octanol–water partition coefficient (Wildman–Crippen LogP) is 1.47. The molecule has 0 fully saturated rings. The van der Waals surface area contributed by atoms with Crippen LogP contribution in [0.1, 0.15) is 20.3 Å². The van der Waals surface area contributed by atoms with Crippen LogP contribution in [0.25, 0.3) is 0 Å². The van der Waals surface area contributed by atoms with Crippen LogP contribution in [-0.4, -0.2) is 34.7 Å². The topological polar surface area (TPSA) is 56.1 Å². The van der Waals surface area contributed by atoms with Crippen LogP contribution in [0.5, 0.6) is 0 Å². The molecule has 0 aliphatic rings. The highest BCUT2D eigenvalue weighted by atomic mass is 35.5. The number of hydrogen-bond acceptors (Lipinski definition) is 3. The van der Waals surface area contributed by atoms with E-state index in [2.05, 4.69) is 10.3 Å². The average molecular weight is 260 g/mol. The third-order valence-corrected chi connectivity index (χ3v) is 2.39. The molecular formula is C11H18ClN3O2. The van der Waals surface area contributed by atoms with Gasteiger partial charge in [0.15, 0.2) is 0 Å². The lowest BCUT2D eigenvalue weighted by Crippen LogP contribution is -2.29. The molecule has 0 radical (unpaired) electrons. The summed E-state index contributed by atoms with van der Waals surface area (Å²) >= 11 is 5.75. The van der Waals surface area contributed by atoms with E-state index in [1.165, 1.54) is 0 Å². The van der Waals surface area contributed by atoms with Gasteiger partial charge in [-0.3, -0.25) is 4.79 Å². The zero-order valence-electron chi connectivity index (χ0n) is 10.1. The SMILES string of the molecule is CC(C)OCCCNC(=O)Cn1ccnc1Cl. The summed E-state index contributed by atoms with van der Waals surface area (Å²) in [4.78, 5) is 15.3. The van der Waals surface area contributed by atoms with Gasteiger partial charge in [-0.1, -0.05) is 0 Å². The molecule has 1 rings (SSSR count). The van der Waals surface area contributed by atoms with E-state index < -0.39 is 0 Å². The molecule has 1 aromatic rings. The van der Waals surface area contributed by atoms with E-state index in [0.29, 0.717) is 18.4 Å². The molecule has 0 spiro atoms. The lowest BCUT2D eigenvalue weighted by molar-refractivity contribution is -0.121. The third-order valence-electron chi connectivity index (χ3n) is 2.07. The number of hydrogen-bond donors (Lipinski definition) is 1. The van der Waals surface area contributed by atoms with E-state index in [1.807, 2.05) is 13.8 Å². The van der Waals surface area contributed by atoms with E-state index in [9.17, 15) is 4.79 Å². The minimum absolute atomic E-state index is 0.0746. The molecule has 1 heterocycles. The summed E-state index contributed by atoms with van der Waals surface area (Å²) in [5, 5.41) is 3.12. The van der Waals surface area contributed by atoms with Crippen molar-refractivity contribution in [2.75, 3.05) is 13.2 Å². The lowest BCUT2D eigenvalue weighted by Gasteiger charge is -2.08. The molecule has 0 aliphatic heterocycles. The zero-order valence-corrected chi connectivity index (χ0v) is 10.9. The van der Waals surface area contributed by atoms with Crippen molar-refractivity contribution >= 4 is 17.5 Å². The van der Waals surface area contributed by atoms with Gasteiger partial charge in [-0.15, -0.1) is 0 Å². The number of halogens is 1. The van der Waals surface area contributed by atoms with Crippen LogP contribution in [-0.2, 0) is 16.1 Å². The first-order chi connectivity index (χ1) is 8.09. The van der Waals surface area contributed by atoms with Gasteiger partial charge < -0.3 is 14.6 Å². The van der Waals surface area contributed by atoms with Gasteiger partial charge in [-0.2, -0.15) is 0 Å². The van der Waals surface area contributed by atoms with Gasteiger partial charge in [-0.05, 0) is 31.9 Å². The molecule has 5 nitrogen and oxygen atoms in total. The predicted molar refractivity (Wildman–Crippen MR) is 66.0 cm³/mol. The molecule has 0 saturated carbocycles. The molecule has 1 aromatic heterocycles. The highest BCUT2D eigenvalue weighted by Crippen LogP contribution is 2.03. The molecule has 1 N–H and O–H groups in total. The Morgan fingerprint density at radius 1 is 1.65 bits per heavy atom. The first kappa shape index (κ1) is 14.0. The van der Waals surface area contributed by atoms with Crippen molar-refractivity contribution in [3.63, 3.8) is 0 Å². The van der Waals surface area contributed by atoms with E-state index in [4.69, 9.17) is 16.3 Å². The van der Waals surface area contributed by atoms with E-state index in [0.717, 1.165) is 6.42 Å². The maximum Gasteiger partial charge on any atom is 0.240 e. The first-order valence-corrected chi connectivity index (χ1v) is 6.02. The first-order valence-electron chi connectivity index (χ1n) is 5.64. The Hall–Kier alpha value is -1.07. The number of aromatic nitrogens is 2. The van der Waals surface area contributed by atoms with Gasteiger partial charge in [0.1, 0.15) is 6.54 Å². The van der Waals surface area contributed by atoms with Crippen molar-refractivity contribution in [3.05, 3.63) is 17.7 Å². The summed E-state index contributed by atoms with van der Waals surface area (Å²) in [6, 6.07) is 0. The fraction of sp³-hybridized carbons (Fsp3) is 0.636. The van der Waals surface area contributed by atoms with Crippen LogP contribution in [0.4, 0.5) is 0 Å². The van der Waals surface area contributed by atoms with Crippen LogP contribution in [0, 0.1) is 0 Å².